The van der Waals surface area contributed by atoms with Gasteiger partial charge in [-0.3, -0.25) is 4.79 Å². The van der Waals surface area contributed by atoms with Gasteiger partial charge in [0.2, 0.25) is 5.91 Å². The Bertz CT molecular complexity index is 499. The number of carbonyl (C=O) groups is 1. The van der Waals surface area contributed by atoms with Crippen LogP contribution in [0.4, 0.5) is 5.69 Å². The minimum absolute atomic E-state index is 0.00160. The average molecular weight is 288 g/mol. The van der Waals surface area contributed by atoms with Crippen LogP contribution in [0, 0.1) is 0 Å². The van der Waals surface area contributed by atoms with Crippen LogP contribution in [0.15, 0.2) is 24.3 Å². The molecule has 1 saturated heterocycles. The number of nitrogens with one attached hydrogen (secondary N) is 1. The van der Waals surface area contributed by atoms with Gasteiger partial charge in [-0.25, -0.2) is 0 Å². The van der Waals surface area contributed by atoms with Gasteiger partial charge in [-0.15, -0.1) is 0 Å². The fourth-order valence-electron chi connectivity index (χ4n) is 3.00. The summed E-state index contributed by atoms with van der Waals surface area (Å²) in [6.45, 7) is 1.51. The van der Waals surface area contributed by atoms with Crippen LogP contribution < -0.4 is 10.2 Å². The lowest BCUT2D eigenvalue weighted by molar-refractivity contribution is -0.121. The molecule has 4 heteroatoms. The average Bonchev–Trinajstić information content (AvgIpc) is 3.32. The van der Waals surface area contributed by atoms with Gasteiger partial charge < -0.3 is 15.0 Å². The molecule has 1 saturated carbocycles. The van der Waals surface area contributed by atoms with Crippen LogP contribution in [-0.2, 0) is 16.0 Å². The van der Waals surface area contributed by atoms with Gasteiger partial charge in [0.15, 0.2) is 0 Å². The maximum Gasteiger partial charge on any atom is 0.244 e. The fraction of sp³-hybridized carbons (Fsp3) is 0.588. The molecular weight excluding hydrogens is 264 g/mol. The monoisotopic (exact) mass is 288 g/mol. The molecule has 1 amide bonds. The predicted octanol–water partition coefficient (Wildman–Crippen LogP) is 2.12. The fourth-order valence-corrected chi connectivity index (χ4v) is 3.00. The summed E-state index contributed by atoms with van der Waals surface area (Å²) < 4.78 is 5.18. The van der Waals surface area contributed by atoms with E-state index in [4.69, 9.17) is 4.74 Å². The van der Waals surface area contributed by atoms with E-state index in [0.29, 0.717) is 12.6 Å². The summed E-state index contributed by atoms with van der Waals surface area (Å²) in [6.07, 6.45) is 5.31. The Balaban J connectivity index is 1.76. The largest absolute Gasteiger partial charge is 0.384 e. The minimum Gasteiger partial charge on any atom is -0.384 e. The second-order valence-corrected chi connectivity index (χ2v) is 6.00. The first-order valence-corrected chi connectivity index (χ1v) is 7.94. The normalized spacial score (nSPS) is 22.6. The van der Waals surface area contributed by atoms with Crippen molar-refractivity contribution >= 4 is 11.6 Å². The number of hydrogen-bond donors (Lipinski definition) is 1. The number of nitrogens with zero attached hydrogens (tertiary/aromatic N) is 1. The Morgan fingerprint density at radius 2 is 2.10 bits per heavy atom. The molecule has 3 rings (SSSR count). The highest BCUT2D eigenvalue weighted by atomic mass is 16.5. The SMILES string of the molecule is COCCc1ccccc1N1CCCC(NC2CC2)C1=O. The van der Waals surface area contributed by atoms with Crippen LogP contribution in [0.2, 0.25) is 0 Å². The quantitative estimate of drug-likeness (QED) is 0.872. The molecular formula is C17H24N2O2. The van der Waals surface area contributed by atoms with Gasteiger partial charge >= 0.3 is 0 Å². The van der Waals surface area contributed by atoms with E-state index in [9.17, 15) is 4.79 Å². The molecule has 1 aromatic rings. The van der Waals surface area contributed by atoms with E-state index in [1.165, 1.54) is 18.4 Å². The van der Waals surface area contributed by atoms with E-state index in [0.717, 1.165) is 31.5 Å². The highest BCUT2D eigenvalue weighted by molar-refractivity contribution is 5.98. The van der Waals surface area contributed by atoms with Gasteiger partial charge in [0.25, 0.3) is 0 Å². The van der Waals surface area contributed by atoms with Gasteiger partial charge in [-0.2, -0.15) is 0 Å². The molecule has 1 atom stereocenters. The van der Waals surface area contributed by atoms with Crippen molar-refractivity contribution in [2.75, 3.05) is 25.2 Å². The smallest absolute Gasteiger partial charge is 0.244 e. The number of carbonyl (C=O) groups excluding carboxylic acids is 1. The van der Waals surface area contributed by atoms with Gasteiger partial charge in [0.05, 0.1) is 12.6 Å². The first-order chi connectivity index (χ1) is 10.3. The van der Waals surface area contributed by atoms with Crippen molar-refractivity contribution in [1.29, 1.82) is 0 Å². The number of hydrogen-bond acceptors (Lipinski definition) is 3. The van der Waals surface area contributed by atoms with Crippen LogP contribution in [0.5, 0.6) is 0 Å². The number of ether oxygens (including phenoxy) is 1. The van der Waals surface area contributed by atoms with Crippen LogP contribution in [0.25, 0.3) is 0 Å². The van der Waals surface area contributed by atoms with Gasteiger partial charge in [0.1, 0.15) is 0 Å². The number of anilines is 1. The summed E-state index contributed by atoms with van der Waals surface area (Å²) in [5.74, 6) is 0.234. The van der Waals surface area contributed by atoms with Crippen molar-refractivity contribution in [2.24, 2.45) is 0 Å². The highest BCUT2D eigenvalue weighted by Crippen LogP contribution is 2.27. The zero-order valence-corrected chi connectivity index (χ0v) is 12.7. The Labute approximate surface area is 126 Å². The molecule has 1 unspecified atom stereocenters. The Hall–Kier alpha value is -1.39. The summed E-state index contributed by atoms with van der Waals surface area (Å²) in [6, 6.07) is 8.77. The maximum absolute atomic E-state index is 12.7. The summed E-state index contributed by atoms with van der Waals surface area (Å²) in [4.78, 5) is 14.7. The second-order valence-electron chi connectivity index (χ2n) is 6.00. The zero-order valence-electron chi connectivity index (χ0n) is 12.7. The number of amides is 1. The summed E-state index contributed by atoms with van der Waals surface area (Å²) in [7, 11) is 1.71. The standard InChI is InChI=1S/C17H24N2O2/c1-21-12-10-13-5-2-3-7-16(13)19-11-4-6-15(17(19)20)18-14-8-9-14/h2-3,5,7,14-15,18H,4,6,8-12H2,1H3. The van der Waals surface area contributed by atoms with Crippen molar-refractivity contribution in [1.82, 2.24) is 5.32 Å². The first kappa shape index (κ1) is 14.5. The van der Waals surface area contributed by atoms with Crippen molar-refractivity contribution in [3.63, 3.8) is 0 Å². The van der Waals surface area contributed by atoms with E-state index in [-0.39, 0.29) is 11.9 Å². The van der Waals surface area contributed by atoms with E-state index < -0.39 is 0 Å². The molecule has 4 nitrogen and oxygen atoms in total. The molecule has 1 N–H and O–H groups in total. The molecule has 0 bridgehead atoms. The first-order valence-electron chi connectivity index (χ1n) is 7.94. The van der Waals surface area contributed by atoms with Gasteiger partial charge in [0, 0.05) is 25.4 Å². The van der Waals surface area contributed by atoms with Crippen molar-refractivity contribution in [2.45, 2.75) is 44.2 Å². The topological polar surface area (TPSA) is 41.6 Å². The third-order valence-corrected chi connectivity index (χ3v) is 4.31. The maximum atomic E-state index is 12.7. The van der Waals surface area contributed by atoms with Crippen LogP contribution in [0.1, 0.15) is 31.2 Å². The molecule has 0 spiro atoms. The van der Waals surface area contributed by atoms with Crippen molar-refractivity contribution in [3.8, 4) is 0 Å². The van der Waals surface area contributed by atoms with Gasteiger partial charge in [-0.05, 0) is 43.7 Å². The van der Waals surface area contributed by atoms with E-state index in [1.807, 2.05) is 17.0 Å². The van der Waals surface area contributed by atoms with Crippen LogP contribution in [-0.4, -0.2) is 38.3 Å². The second kappa shape index (κ2) is 6.58. The minimum atomic E-state index is 0.00160. The molecule has 1 aliphatic heterocycles. The number of piperidine rings is 1. The molecule has 2 aliphatic rings. The van der Waals surface area contributed by atoms with E-state index >= 15 is 0 Å². The molecule has 21 heavy (non-hydrogen) atoms. The lowest BCUT2D eigenvalue weighted by atomic mass is 10.0. The molecule has 1 heterocycles. The molecule has 1 aliphatic carbocycles. The third kappa shape index (κ3) is 3.44. The van der Waals surface area contributed by atoms with Crippen LogP contribution in [0.3, 0.4) is 0 Å². The van der Waals surface area contributed by atoms with E-state index in [1.54, 1.807) is 7.11 Å². The number of rotatable bonds is 6. The Morgan fingerprint density at radius 1 is 1.29 bits per heavy atom. The van der Waals surface area contributed by atoms with Gasteiger partial charge in [-0.1, -0.05) is 18.2 Å². The van der Waals surface area contributed by atoms with Crippen molar-refractivity contribution in [3.05, 3.63) is 29.8 Å². The highest BCUT2D eigenvalue weighted by Gasteiger charge is 2.34. The van der Waals surface area contributed by atoms with Crippen LogP contribution >= 0.6 is 0 Å². The number of benzene rings is 1. The summed E-state index contributed by atoms with van der Waals surface area (Å²) >= 11 is 0. The molecule has 0 radical (unpaired) electrons. The third-order valence-electron chi connectivity index (χ3n) is 4.31. The Kier molecular flexibility index (Phi) is 4.56. The Morgan fingerprint density at radius 3 is 2.86 bits per heavy atom. The molecule has 1 aromatic carbocycles. The summed E-state index contributed by atoms with van der Waals surface area (Å²) in [5.41, 5.74) is 2.25. The summed E-state index contributed by atoms with van der Waals surface area (Å²) in [5, 5.41) is 3.49. The predicted molar refractivity (Wildman–Crippen MR) is 83.6 cm³/mol. The van der Waals surface area contributed by atoms with Crippen molar-refractivity contribution < 1.29 is 9.53 Å². The van der Waals surface area contributed by atoms with E-state index in [2.05, 4.69) is 17.4 Å². The molecule has 0 aromatic heterocycles. The number of para-hydroxylation sites is 1. The zero-order chi connectivity index (χ0) is 14.7. The molecule has 114 valence electrons. The lowest BCUT2D eigenvalue weighted by Crippen LogP contribution is -2.51. The number of methoxy groups -OCH3 is 1. The lowest BCUT2D eigenvalue weighted by Gasteiger charge is -2.34. The molecule has 2 fully saturated rings.